The first kappa shape index (κ1) is 16.0. The molecule has 0 radical (unpaired) electrons. The van der Waals surface area contributed by atoms with Crippen LogP contribution < -0.4 is 15.8 Å². The van der Waals surface area contributed by atoms with Crippen LogP contribution in [0.3, 0.4) is 0 Å². The molecule has 3 N–H and O–H groups in total. The van der Waals surface area contributed by atoms with E-state index in [0.717, 1.165) is 11.1 Å². The molecule has 1 atom stereocenters. The predicted molar refractivity (Wildman–Crippen MR) is 84.4 cm³/mol. The van der Waals surface area contributed by atoms with Crippen LogP contribution in [0.25, 0.3) is 11.1 Å². The van der Waals surface area contributed by atoms with Crippen molar-refractivity contribution in [1.82, 2.24) is 5.32 Å². The average molecular weight is 309 g/mol. The van der Waals surface area contributed by atoms with Crippen LogP contribution in [-0.2, 0) is 4.79 Å². The van der Waals surface area contributed by atoms with Crippen molar-refractivity contribution in [2.75, 3.05) is 0 Å². The maximum Gasteiger partial charge on any atom is 0.318 e. The molecule has 0 saturated heterocycles. The summed E-state index contributed by atoms with van der Waals surface area (Å²) in [6.07, 6.45) is -0.844. The van der Waals surface area contributed by atoms with Crippen LogP contribution in [0.4, 0.5) is 4.79 Å². The van der Waals surface area contributed by atoms with E-state index < -0.39 is 18.0 Å². The molecule has 0 spiro atoms. The number of ether oxygens (including phenoxy) is 1. The zero-order valence-electron chi connectivity index (χ0n) is 12.4. The minimum atomic E-state index is -0.915. The quantitative estimate of drug-likeness (QED) is 0.903. The molecule has 3 amide bonds. The van der Waals surface area contributed by atoms with Gasteiger partial charge in [-0.15, -0.1) is 0 Å². The van der Waals surface area contributed by atoms with Gasteiger partial charge in [-0.2, -0.15) is 5.26 Å². The summed E-state index contributed by atoms with van der Waals surface area (Å²) >= 11 is 0. The fourth-order valence-corrected chi connectivity index (χ4v) is 1.94. The summed E-state index contributed by atoms with van der Waals surface area (Å²) in [6.45, 7) is 1.52. The number of carbonyl (C=O) groups is 2. The van der Waals surface area contributed by atoms with E-state index in [2.05, 4.69) is 6.07 Å². The first-order valence-corrected chi connectivity index (χ1v) is 6.87. The molecule has 0 unspecified atom stereocenters. The molecule has 0 saturated carbocycles. The largest absolute Gasteiger partial charge is 0.481 e. The Morgan fingerprint density at radius 3 is 2.09 bits per heavy atom. The van der Waals surface area contributed by atoms with E-state index in [4.69, 9.17) is 15.7 Å². The molecule has 116 valence electrons. The highest BCUT2D eigenvalue weighted by atomic mass is 16.5. The Bertz CT molecular complexity index is 746. The second-order valence-electron chi connectivity index (χ2n) is 4.83. The molecule has 0 heterocycles. The van der Waals surface area contributed by atoms with Gasteiger partial charge in [0.25, 0.3) is 5.91 Å². The number of imide groups is 1. The van der Waals surface area contributed by atoms with Crippen LogP contribution in [0.5, 0.6) is 5.75 Å². The number of hydrogen-bond acceptors (Lipinski definition) is 4. The van der Waals surface area contributed by atoms with Crippen LogP contribution >= 0.6 is 0 Å². The normalized spacial score (nSPS) is 11.1. The van der Waals surface area contributed by atoms with Gasteiger partial charge < -0.3 is 10.5 Å². The van der Waals surface area contributed by atoms with Gasteiger partial charge in [-0.1, -0.05) is 24.3 Å². The van der Waals surface area contributed by atoms with Crippen molar-refractivity contribution in [3.05, 3.63) is 54.1 Å². The monoisotopic (exact) mass is 309 g/mol. The molecule has 6 nitrogen and oxygen atoms in total. The molecular formula is C17H15N3O3. The number of carbonyl (C=O) groups excluding carboxylic acids is 2. The van der Waals surface area contributed by atoms with Gasteiger partial charge >= 0.3 is 6.03 Å². The Labute approximate surface area is 133 Å². The predicted octanol–water partition coefficient (Wildman–Crippen LogP) is 2.19. The van der Waals surface area contributed by atoms with Gasteiger partial charge in [-0.3, -0.25) is 10.1 Å². The van der Waals surface area contributed by atoms with Crippen molar-refractivity contribution < 1.29 is 14.3 Å². The van der Waals surface area contributed by atoms with E-state index in [0.29, 0.717) is 11.3 Å². The third-order valence-corrected chi connectivity index (χ3v) is 3.13. The Kier molecular flexibility index (Phi) is 4.95. The average Bonchev–Trinajstić information content (AvgIpc) is 2.55. The van der Waals surface area contributed by atoms with E-state index in [9.17, 15) is 9.59 Å². The second-order valence-corrected chi connectivity index (χ2v) is 4.83. The van der Waals surface area contributed by atoms with Crippen molar-refractivity contribution >= 4 is 11.9 Å². The lowest BCUT2D eigenvalue weighted by Gasteiger charge is -2.13. The summed E-state index contributed by atoms with van der Waals surface area (Å²) in [7, 11) is 0. The summed E-state index contributed by atoms with van der Waals surface area (Å²) < 4.78 is 5.44. The zero-order valence-corrected chi connectivity index (χ0v) is 12.4. The summed E-state index contributed by atoms with van der Waals surface area (Å²) in [4.78, 5) is 22.2. The number of primary amides is 1. The topological polar surface area (TPSA) is 105 Å². The van der Waals surface area contributed by atoms with Crippen molar-refractivity contribution in [2.24, 2.45) is 5.73 Å². The lowest BCUT2D eigenvalue weighted by Crippen LogP contribution is -2.42. The van der Waals surface area contributed by atoms with Gasteiger partial charge in [0.05, 0.1) is 11.6 Å². The molecule has 6 heteroatoms. The molecule has 2 aromatic rings. The molecule has 0 bridgehead atoms. The lowest BCUT2D eigenvalue weighted by atomic mass is 10.0. The maximum atomic E-state index is 11.5. The van der Waals surface area contributed by atoms with E-state index in [-0.39, 0.29) is 0 Å². The molecule has 0 aliphatic carbocycles. The number of nitrogens with one attached hydrogen (secondary N) is 1. The smallest absolute Gasteiger partial charge is 0.318 e. The fraction of sp³-hybridized carbons (Fsp3) is 0.118. The maximum absolute atomic E-state index is 11.5. The highest BCUT2D eigenvalue weighted by molar-refractivity contribution is 5.95. The number of urea groups is 1. The minimum Gasteiger partial charge on any atom is -0.481 e. The molecular weight excluding hydrogens is 294 g/mol. The zero-order chi connectivity index (χ0) is 16.8. The summed E-state index contributed by atoms with van der Waals surface area (Å²) in [6, 6.07) is 15.5. The molecule has 0 fully saturated rings. The fourth-order valence-electron chi connectivity index (χ4n) is 1.94. The Hall–Kier alpha value is -3.33. The van der Waals surface area contributed by atoms with Gasteiger partial charge in [0.15, 0.2) is 6.10 Å². The van der Waals surface area contributed by atoms with E-state index in [1.165, 1.54) is 6.92 Å². The molecule has 23 heavy (non-hydrogen) atoms. The Morgan fingerprint density at radius 2 is 1.61 bits per heavy atom. The van der Waals surface area contributed by atoms with Crippen LogP contribution in [0.2, 0.25) is 0 Å². The number of nitrogens with two attached hydrogens (primary N) is 1. The molecule has 0 aromatic heterocycles. The van der Waals surface area contributed by atoms with Gasteiger partial charge in [0.1, 0.15) is 5.75 Å². The van der Waals surface area contributed by atoms with Crippen LogP contribution in [0.1, 0.15) is 12.5 Å². The standard InChI is InChI=1S/C17H15N3O3/c1-11(16(21)20-17(19)22)23-15-8-6-14(7-9-15)13-4-2-12(10-18)3-5-13/h2-9,11H,1H3,(H3,19,20,21,22)/t11-/m0/s1. The number of benzene rings is 2. The summed E-state index contributed by atoms with van der Waals surface area (Å²) in [5.74, 6) is -0.108. The minimum absolute atomic E-state index is 0.495. The molecule has 2 rings (SSSR count). The third kappa shape index (κ3) is 4.32. The Balaban J connectivity index is 2.05. The van der Waals surface area contributed by atoms with Gasteiger partial charge in [-0.25, -0.2) is 4.79 Å². The number of nitriles is 1. The van der Waals surface area contributed by atoms with Crippen molar-refractivity contribution in [2.45, 2.75) is 13.0 Å². The first-order chi connectivity index (χ1) is 11.0. The number of rotatable bonds is 4. The summed E-state index contributed by atoms with van der Waals surface area (Å²) in [5.41, 5.74) is 7.41. The van der Waals surface area contributed by atoms with Crippen LogP contribution in [-0.4, -0.2) is 18.0 Å². The SMILES string of the molecule is C[C@H](Oc1ccc(-c2ccc(C#N)cc2)cc1)C(=O)NC(N)=O. The molecule has 0 aliphatic rings. The van der Waals surface area contributed by atoms with E-state index >= 15 is 0 Å². The van der Waals surface area contributed by atoms with Gasteiger partial charge in [0.2, 0.25) is 0 Å². The third-order valence-electron chi connectivity index (χ3n) is 3.13. The van der Waals surface area contributed by atoms with E-state index in [1.54, 1.807) is 24.3 Å². The highest BCUT2D eigenvalue weighted by Crippen LogP contribution is 2.23. The van der Waals surface area contributed by atoms with Crippen molar-refractivity contribution in [1.29, 1.82) is 5.26 Å². The van der Waals surface area contributed by atoms with Crippen molar-refractivity contribution in [3.63, 3.8) is 0 Å². The molecule has 2 aromatic carbocycles. The van der Waals surface area contributed by atoms with Crippen LogP contribution in [0.15, 0.2) is 48.5 Å². The second kappa shape index (κ2) is 7.09. The molecule has 0 aliphatic heterocycles. The highest BCUT2D eigenvalue weighted by Gasteiger charge is 2.16. The van der Waals surface area contributed by atoms with Crippen molar-refractivity contribution in [3.8, 4) is 22.9 Å². The first-order valence-electron chi connectivity index (χ1n) is 6.87. The lowest BCUT2D eigenvalue weighted by molar-refractivity contribution is -0.126. The van der Waals surface area contributed by atoms with E-state index in [1.807, 2.05) is 29.6 Å². The van der Waals surface area contributed by atoms with Crippen LogP contribution in [0, 0.1) is 11.3 Å². The summed E-state index contributed by atoms with van der Waals surface area (Å²) in [5, 5.41) is 10.8. The van der Waals surface area contributed by atoms with Gasteiger partial charge in [-0.05, 0) is 42.3 Å². The van der Waals surface area contributed by atoms with Gasteiger partial charge in [0, 0.05) is 0 Å². The number of amides is 3. The number of hydrogen-bond donors (Lipinski definition) is 2. The number of nitrogens with zero attached hydrogens (tertiary/aromatic N) is 1. The Morgan fingerprint density at radius 1 is 1.09 bits per heavy atom.